The standard InChI is InChI=1S/C12H11N3O2/c1-17-9-4-2-3-8(7-9)12-14-6-5-10(15-12)11(13)16/h2-7H,1H3,(H2,13,16). The molecule has 2 N–H and O–H groups in total. The number of methoxy groups -OCH3 is 1. The van der Waals surface area contributed by atoms with Gasteiger partial charge in [-0.1, -0.05) is 12.1 Å². The van der Waals surface area contributed by atoms with E-state index in [9.17, 15) is 4.79 Å². The number of hydrogen-bond donors (Lipinski definition) is 1. The molecule has 0 aliphatic rings. The van der Waals surface area contributed by atoms with Gasteiger partial charge in [0.15, 0.2) is 5.82 Å². The Hall–Kier alpha value is -2.43. The molecule has 0 bridgehead atoms. The number of carbonyl (C=O) groups excluding carboxylic acids is 1. The normalized spacial score (nSPS) is 9.94. The zero-order chi connectivity index (χ0) is 12.3. The van der Waals surface area contributed by atoms with E-state index in [-0.39, 0.29) is 5.69 Å². The van der Waals surface area contributed by atoms with Gasteiger partial charge in [-0.3, -0.25) is 4.79 Å². The van der Waals surface area contributed by atoms with Gasteiger partial charge in [0.05, 0.1) is 7.11 Å². The smallest absolute Gasteiger partial charge is 0.267 e. The van der Waals surface area contributed by atoms with Crippen LogP contribution in [0.1, 0.15) is 10.5 Å². The third kappa shape index (κ3) is 2.39. The Morgan fingerprint density at radius 2 is 2.18 bits per heavy atom. The summed E-state index contributed by atoms with van der Waals surface area (Å²) >= 11 is 0. The van der Waals surface area contributed by atoms with Gasteiger partial charge < -0.3 is 10.5 Å². The summed E-state index contributed by atoms with van der Waals surface area (Å²) in [6.45, 7) is 0. The summed E-state index contributed by atoms with van der Waals surface area (Å²) in [4.78, 5) is 19.2. The predicted molar refractivity (Wildman–Crippen MR) is 62.5 cm³/mol. The Labute approximate surface area is 98.3 Å². The minimum atomic E-state index is -0.573. The number of nitrogens with two attached hydrogens (primary N) is 1. The lowest BCUT2D eigenvalue weighted by atomic mass is 10.2. The maximum atomic E-state index is 11.0. The van der Waals surface area contributed by atoms with Crippen molar-refractivity contribution >= 4 is 5.91 Å². The largest absolute Gasteiger partial charge is 0.497 e. The molecular weight excluding hydrogens is 218 g/mol. The zero-order valence-electron chi connectivity index (χ0n) is 9.25. The number of amides is 1. The highest BCUT2D eigenvalue weighted by Gasteiger charge is 2.06. The van der Waals surface area contributed by atoms with Gasteiger partial charge in [-0.2, -0.15) is 0 Å². The summed E-state index contributed by atoms with van der Waals surface area (Å²) in [6.07, 6.45) is 1.50. The first-order chi connectivity index (χ1) is 8.20. The summed E-state index contributed by atoms with van der Waals surface area (Å²) in [7, 11) is 1.58. The Morgan fingerprint density at radius 1 is 1.35 bits per heavy atom. The maximum absolute atomic E-state index is 11.0. The molecule has 1 aromatic heterocycles. The van der Waals surface area contributed by atoms with E-state index < -0.39 is 5.91 Å². The van der Waals surface area contributed by atoms with Gasteiger partial charge in [-0.05, 0) is 18.2 Å². The monoisotopic (exact) mass is 229 g/mol. The van der Waals surface area contributed by atoms with Gasteiger partial charge in [0.1, 0.15) is 11.4 Å². The molecule has 17 heavy (non-hydrogen) atoms. The van der Waals surface area contributed by atoms with Gasteiger partial charge in [0.2, 0.25) is 0 Å². The van der Waals surface area contributed by atoms with Gasteiger partial charge >= 0.3 is 0 Å². The second-order valence-electron chi connectivity index (χ2n) is 3.36. The number of carbonyl (C=O) groups is 1. The van der Waals surface area contributed by atoms with Crippen molar-refractivity contribution in [3.63, 3.8) is 0 Å². The van der Waals surface area contributed by atoms with Crippen molar-refractivity contribution in [2.75, 3.05) is 7.11 Å². The Balaban J connectivity index is 2.45. The second kappa shape index (κ2) is 4.61. The Bertz CT molecular complexity index is 555. The average Bonchev–Trinajstić information content (AvgIpc) is 2.39. The number of hydrogen-bond acceptors (Lipinski definition) is 4. The van der Waals surface area contributed by atoms with E-state index in [0.717, 1.165) is 5.56 Å². The maximum Gasteiger partial charge on any atom is 0.267 e. The van der Waals surface area contributed by atoms with Crippen molar-refractivity contribution in [3.05, 3.63) is 42.2 Å². The first-order valence-corrected chi connectivity index (χ1v) is 4.98. The average molecular weight is 229 g/mol. The Kier molecular flexibility index (Phi) is 3.00. The van der Waals surface area contributed by atoms with Crippen molar-refractivity contribution in [1.82, 2.24) is 9.97 Å². The van der Waals surface area contributed by atoms with Crippen LogP contribution in [0.5, 0.6) is 5.75 Å². The van der Waals surface area contributed by atoms with Crippen LogP contribution in [0.4, 0.5) is 0 Å². The molecule has 0 saturated heterocycles. The summed E-state index contributed by atoms with van der Waals surface area (Å²) in [5.41, 5.74) is 6.13. The van der Waals surface area contributed by atoms with Crippen LogP contribution in [0.3, 0.4) is 0 Å². The molecule has 0 unspecified atom stereocenters. The lowest BCUT2D eigenvalue weighted by Gasteiger charge is -2.03. The number of rotatable bonds is 3. The molecule has 1 aromatic carbocycles. The summed E-state index contributed by atoms with van der Waals surface area (Å²) in [5.74, 6) is 0.576. The summed E-state index contributed by atoms with van der Waals surface area (Å²) < 4.78 is 5.11. The molecule has 0 atom stereocenters. The third-order valence-corrected chi connectivity index (χ3v) is 2.24. The first kappa shape index (κ1) is 11.1. The molecule has 2 aromatic rings. The topological polar surface area (TPSA) is 78.1 Å². The fraction of sp³-hybridized carbons (Fsp3) is 0.0833. The van der Waals surface area contributed by atoms with Gasteiger partial charge in [-0.15, -0.1) is 0 Å². The van der Waals surface area contributed by atoms with Crippen LogP contribution in [0.25, 0.3) is 11.4 Å². The molecule has 5 heteroatoms. The SMILES string of the molecule is COc1cccc(-c2nccc(C(N)=O)n2)c1. The molecule has 0 fully saturated rings. The number of primary amides is 1. The van der Waals surface area contributed by atoms with Gasteiger partial charge in [0.25, 0.3) is 5.91 Å². The lowest BCUT2D eigenvalue weighted by Crippen LogP contribution is -2.13. The van der Waals surface area contributed by atoms with Gasteiger partial charge in [-0.25, -0.2) is 9.97 Å². The third-order valence-electron chi connectivity index (χ3n) is 2.24. The molecule has 2 rings (SSSR count). The fourth-order valence-electron chi connectivity index (χ4n) is 1.40. The van der Waals surface area contributed by atoms with Crippen molar-refractivity contribution in [3.8, 4) is 17.1 Å². The number of aromatic nitrogens is 2. The predicted octanol–water partition coefficient (Wildman–Crippen LogP) is 1.25. The van der Waals surface area contributed by atoms with E-state index in [1.807, 2.05) is 18.2 Å². The highest BCUT2D eigenvalue weighted by molar-refractivity contribution is 5.91. The second-order valence-corrected chi connectivity index (χ2v) is 3.36. The first-order valence-electron chi connectivity index (χ1n) is 4.98. The minimum Gasteiger partial charge on any atom is -0.497 e. The molecule has 0 aliphatic heterocycles. The van der Waals surface area contributed by atoms with E-state index in [2.05, 4.69) is 9.97 Å². The fourth-order valence-corrected chi connectivity index (χ4v) is 1.40. The highest BCUT2D eigenvalue weighted by atomic mass is 16.5. The summed E-state index contributed by atoms with van der Waals surface area (Å²) in [5, 5.41) is 0. The van der Waals surface area contributed by atoms with E-state index >= 15 is 0 Å². The van der Waals surface area contributed by atoms with Crippen molar-refractivity contribution in [1.29, 1.82) is 0 Å². The van der Waals surface area contributed by atoms with E-state index in [0.29, 0.717) is 11.6 Å². The number of benzene rings is 1. The van der Waals surface area contributed by atoms with Crippen LogP contribution in [0, 0.1) is 0 Å². The van der Waals surface area contributed by atoms with E-state index in [1.54, 1.807) is 13.2 Å². The molecule has 0 saturated carbocycles. The molecule has 5 nitrogen and oxygen atoms in total. The van der Waals surface area contributed by atoms with E-state index in [1.165, 1.54) is 12.3 Å². The highest BCUT2D eigenvalue weighted by Crippen LogP contribution is 2.20. The van der Waals surface area contributed by atoms with Crippen molar-refractivity contribution < 1.29 is 9.53 Å². The van der Waals surface area contributed by atoms with Crippen LogP contribution in [-0.2, 0) is 0 Å². The summed E-state index contributed by atoms with van der Waals surface area (Å²) in [6, 6.07) is 8.75. The van der Waals surface area contributed by atoms with E-state index in [4.69, 9.17) is 10.5 Å². The van der Waals surface area contributed by atoms with Crippen LogP contribution >= 0.6 is 0 Å². The zero-order valence-corrected chi connectivity index (χ0v) is 9.25. The Morgan fingerprint density at radius 3 is 2.88 bits per heavy atom. The quantitative estimate of drug-likeness (QED) is 0.859. The minimum absolute atomic E-state index is 0.192. The van der Waals surface area contributed by atoms with Crippen LogP contribution in [0.15, 0.2) is 36.5 Å². The molecule has 86 valence electrons. The molecule has 0 radical (unpaired) electrons. The molecule has 0 spiro atoms. The van der Waals surface area contributed by atoms with Crippen molar-refractivity contribution in [2.45, 2.75) is 0 Å². The van der Waals surface area contributed by atoms with Gasteiger partial charge in [0, 0.05) is 11.8 Å². The van der Waals surface area contributed by atoms with Crippen molar-refractivity contribution in [2.24, 2.45) is 5.73 Å². The molecule has 1 amide bonds. The number of nitrogens with zero attached hydrogens (tertiary/aromatic N) is 2. The molecular formula is C12H11N3O2. The molecule has 0 aliphatic carbocycles. The lowest BCUT2D eigenvalue weighted by molar-refractivity contribution is 0.0995. The number of ether oxygens (including phenoxy) is 1. The van der Waals surface area contributed by atoms with Crippen LogP contribution in [0.2, 0.25) is 0 Å². The molecule has 1 heterocycles. The van der Waals surface area contributed by atoms with Crippen LogP contribution in [-0.4, -0.2) is 23.0 Å². The van der Waals surface area contributed by atoms with Crippen LogP contribution < -0.4 is 10.5 Å².